The number of hydrogen-bond donors (Lipinski definition) is 1. The largest absolute Gasteiger partial charge is 0.454 e. The average molecular weight is 333 g/mol. The van der Waals surface area contributed by atoms with Crippen LogP contribution in [-0.2, 0) is 13.1 Å². The average Bonchev–Trinajstić information content (AvgIpc) is 2.77. The molecule has 2 aromatic rings. The molecular weight excluding hydrogens is 321 g/mol. The minimum absolute atomic E-state index is 0.790. The van der Waals surface area contributed by atoms with Gasteiger partial charge in [-0.2, -0.15) is 11.3 Å². The number of hydrogen-bond acceptors (Lipinski definition) is 3. The van der Waals surface area contributed by atoms with Crippen LogP contribution in [0.15, 0.2) is 27.3 Å². The van der Waals surface area contributed by atoms with Gasteiger partial charge < -0.3 is 9.73 Å². The second kappa shape index (κ2) is 5.14. The summed E-state index contributed by atoms with van der Waals surface area (Å²) in [5.41, 5.74) is 2.74. The highest BCUT2D eigenvalue weighted by Gasteiger charge is 2.01. The van der Waals surface area contributed by atoms with Crippen LogP contribution < -0.4 is 5.32 Å². The maximum absolute atomic E-state index is 5.46. The molecule has 1 N–H and O–H groups in total. The molecule has 0 aliphatic carbocycles. The molecule has 2 aromatic heterocycles. The molecule has 0 saturated carbocycles. The molecule has 0 aliphatic heterocycles. The van der Waals surface area contributed by atoms with Gasteiger partial charge in [0.05, 0.1) is 6.54 Å². The van der Waals surface area contributed by atoms with Gasteiger partial charge >= 0.3 is 0 Å². The van der Waals surface area contributed by atoms with Crippen LogP contribution in [0.2, 0.25) is 0 Å². The molecule has 2 heterocycles. The van der Waals surface area contributed by atoms with E-state index in [1.807, 2.05) is 12.1 Å². The molecule has 4 heteroatoms. The number of halogens is 1. The fourth-order valence-corrected chi connectivity index (χ4v) is 2.65. The van der Waals surface area contributed by atoms with E-state index in [9.17, 15) is 0 Å². The molecule has 0 aliphatic rings. The zero-order chi connectivity index (χ0) is 10.7. The van der Waals surface area contributed by atoms with E-state index in [1.165, 1.54) is 11.1 Å². The lowest BCUT2D eigenvalue weighted by Gasteiger charge is -2.01. The van der Waals surface area contributed by atoms with E-state index < -0.39 is 0 Å². The first-order chi connectivity index (χ1) is 7.25. The van der Waals surface area contributed by atoms with Crippen molar-refractivity contribution in [1.29, 1.82) is 0 Å². The lowest BCUT2D eigenvalue weighted by molar-refractivity contribution is 0.463. The maximum atomic E-state index is 5.46. The summed E-state index contributed by atoms with van der Waals surface area (Å²) in [6.07, 6.45) is 0. The Hall–Kier alpha value is -0.330. The maximum Gasteiger partial charge on any atom is 0.164 e. The first-order valence-corrected chi connectivity index (χ1v) is 6.74. The highest BCUT2D eigenvalue weighted by Crippen LogP contribution is 2.14. The number of aryl methyl sites for hydroxylation is 1. The van der Waals surface area contributed by atoms with Crippen LogP contribution in [0.25, 0.3) is 0 Å². The van der Waals surface area contributed by atoms with Crippen molar-refractivity contribution in [3.63, 3.8) is 0 Å². The molecule has 0 spiro atoms. The van der Waals surface area contributed by atoms with Crippen LogP contribution in [-0.4, -0.2) is 0 Å². The van der Waals surface area contributed by atoms with E-state index in [1.54, 1.807) is 11.3 Å². The van der Waals surface area contributed by atoms with Gasteiger partial charge in [-0.1, -0.05) is 0 Å². The molecule has 2 rings (SSSR count). The Morgan fingerprint density at radius 3 is 2.80 bits per heavy atom. The molecule has 0 radical (unpaired) electrons. The molecule has 0 aromatic carbocycles. The van der Waals surface area contributed by atoms with Gasteiger partial charge in [0.1, 0.15) is 5.76 Å². The molecule has 80 valence electrons. The summed E-state index contributed by atoms with van der Waals surface area (Å²) in [4.78, 5) is 0. The summed E-state index contributed by atoms with van der Waals surface area (Å²) in [5, 5.41) is 7.73. The van der Waals surface area contributed by atoms with Crippen molar-refractivity contribution < 1.29 is 4.42 Å². The molecule has 2 nitrogen and oxygen atoms in total. The van der Waals surface area contributed by atoms with Gasteiger partial charge in [0, 0.05) is 6.54 Å². The van der Waals surface area contributed by atoms with Gasteiger partial charge in [-0.25, -0.2) is 0 Å². The van der Waals surface area contributed by atoms with Gasteiger partial charge in [0.2, 0.25) is 0 Å². The Morgan fingerprint density at radius 2 is 2.20 bits per heavy atom. The first kappa shape index (κ1) is 11.2. The van der Waals surface area contributed by atoms with Gasteiger partial charge in [-0.15, -0.1) is 0 Å². The highest BCUT2D eigenvalue weighted by atomic mass is 127. The quantitative estimate of drug-likeness (QED) is 0.866. The molecule has 15 heavy (non-hydrogen) atoms. The Labute approximate surface area is 107 Å². The zero-order valence-electron chi connectivity index (χ0n) is 8.42. The van der Waals surface area contributed by atoms with Crippen molar-refractivity contribution >= 4 is 33.9 Å². The monoisotopic (exact) mass is 333 g/mol. The Kier molecular flexibility index (Phi) is 3.82. The van der Waals surface area contributed by atoms with Crippen LogP contribution in [0.4, 0.5) is 0 Å². The number of furan rings is 1. The van der Waals surface area contributed by atoms with Crippen LogP contribution in [0.1, 0.15) is 16.9 Å². The van der Waals surface area contributed by atoms with E-state index >= 15 is 0 Å². The third kappa shape index (κ3) is 3.06. The minimum atomic E-state index is 0.790. The Balaban J connectivity index is 1.83. The number of rotatable bonds is 4. The summed E-state index contributed by atoms with van der Waals surface area (Å²) in [6.45, 7) is 3.84. The van der Waals surface area contributed by atoms with E-state index in [0.29, 0.717) is 0 Å². The molecule has 0 bridgehead atoms. The number of thiophene rings is 1. The molecular formula is C11H12INOS. The second-order valence-electron chi connectivity index (χ2n) is 3.39. The fraction of sp³-hybridized carbons (Fsp3) is 0.273. The third-order valence-corrected chi connectivity index (χ3v) is 3.70. The predicted molar refractivity (Wildman–Crippen MR) is 71.0 cm³/mol. The third-order valence-electron chi connectivity index (χ3n) is 2.21. The zero-order valence-corrected chi connectivity index (χ0v) is 11.4. The van der Waals surface area contributed by atoms with E-state index in [2.05, 4.69) is 45.6 Å². The van der Waals surface area contributed by atoms with Crippen LogP contribution in [0.5, 0.6) is 0 Å². The summed E-state index contributed by atoms with van der Waals surface area (Å²) in [6, 6.07) is 3.99. The highest BCUT2D eigenvalue weighted by molar-refractivity contribution is 14.1. The predicted octanol–water partition coefficient (Wildman–Crippen LogP) is 3.54. The molecule has 0 saturated heterocycles. The van der Waals surface area contributed by atoms with Gasteiger partial charge in [-0.3, -0.25) is 0 Å². The van der Waals surface area contributed by atoms with E-state index in [4.69, 9.17) is 4.42 Å². The SMILES string of the molecule is Cc1cscc1CNCc1ccc(I)o1. The lowest BCUT2D eigenvalue weighted by atomic mass is 10.2. The summed E-state index contributed by atoms with van der Waals surface area (Å²) < 4.78 is 6.40. The van der Waals surface area contributed by atoms with Crippen molar-refractivity contribution in [3.8, 4) is 0 Å². The first-order valence-electron chi connectivity index (χ1n) is 4.72. The number of nitrogens with one attached hydrogen (secondary N) is 1. The van der Waals surface area contributed by atoms with Crippen molar-refractivity contribution in [1.82, 2.24) is 5.32 Å². The molecule has 0 amide bonds. The second-order valence-corrected chi connectivity index (χ2v) is 5.20. The molecule has 0 fully saturated rings. The minimum Gasteiger partial charge on any atom is -0.454 e. The topological polar surface area (TPSA) is 25.2 Å². The Bertz CT molecular complexity index is 435. The Morgan fingerprint density at radius 1 is 1.33 bits per heavy atom. The summed E-state index contributed by atoms with van der Waals surface area (Å²) >= 11 is 3.93. The van der Waals surface area contributed by atoms with Crippen LogP contribution >= 0.6 is 33.9 Å². The van der Waals surface area contributed by atoms with Crippen LogP contribution in [0, 0.1) is 10.7 Å². The summed E-state index contributed by atoms with van der Waals surface area (Å²) in [7, 11) is 0. The van der Waals surface area contributed by atoms with Crippen molar-refractivity contribution in [2.45, 2.75) is 20.0 Å². The van der Waals surface area contributed by atoms with E-state index in [0.717, 1.165) is 22.6 Å². The van der Waals surface area contributed by atoms with Gasteiger partial charge in [-0.05, 0) is 63.5 Å². The van der Waals surface area contributed by atoms with Crippen molar-refractivity contribution in [3.05, 3.63) is 43.5 Å². The smallest absolute Gasteiger partial charge is 0.164 e. The lowest BCUT2D eigenvalue weighted by Crippen LogP contribution is -2.12. The standard InChI is InChI=1S/C11H12INOS/c1-8-6-15-7-9(8)4-13-5-10-2-3-11(12)14-10/h2-3,6-7,13H,4-5H2,1H3. The van der Waals surface area contributed by atoms with Crippen molar-refractivity contribution in [2.24, 2.45) is 0 Å². The van der Waals surface area contributed by atoms with Gasteiger partial charge in [0.25, 0.3) is 0 Å². The fourth-order valence-electron chi connectivity index (χ4n) is 1.34. The van der Waals surface area contributed by atoms with Crippen molar-refractivity contribution in [2.75, 3.05) is 0 Å². The van der Waals surface area contributed by atoms with E-state index in [-0.39, 0.29) is 0 Å². The molecule has 0 atom stereocenters. The molecule has 0 unspecified atom stereocenters. The van der Waals surface area contributed by atoms with Crippen LogP contribution in [0.3, 0.4) is 0 Å². The normalized spacial score (nSPS) is 10.8. The van der Waals surface area contributed by atoms with Gasteiger partial charge in [0.15, 0.2) is 3.77 Å². The summed E-state index contributed by atoms with van der Waals surface area (Å²) in [5.74, 6) is 0.993.